The molecule has 3 heteroatoms. The summed E-state index contributed by atoms with van der Waals surface area (Å²) < 4.78 is 5.43. The maximum Gasteiger partial charge on any atom is 0.164 e. The molecule has 0 aromatic heterocycles. The van der Waals surface area contributed by atoms with Crippen LogP contribution in [0, 0.1) is 0 Å². The van der Waals surface area contributed by atoms with E-state index in [0.717, 1.165) is 30.8 Å². The molecule has 0 radical (unpaired) electrons. The standard InChI is InChI=1S/C10H18O2S/c1-3-4-9(11)10(12-2)5-7-13-8-6-10/h3-8H2,1-2H3. The number of carbonyl (C=O) groups excluding carboxylic acids is 1. The van der Waals surface area contributed by atoms with Crippen LogP contribution in [0.2, 0.25) is 0 Å². The normalized spacial score (nSPS) is 21.4. The van der Waals surface area contributed by atoms with E-state index in [1.165, 1.54) is 0 Å². The first kappa shape index (κ1) is 11.1. The van der Waals surface area contributed by atoms with E-state index in [1.807, 2.05) is 18.7 Å². The van der Waals surface area contributed by atoms with Crippen molar-refractivity contribution in [1.82, 2.24) is 0 Å². The number of ether oxygens (including phenoxy) is 1. The molecule has 0 aromatic carbocycles. The monoisotopic (exact) mass is 202 g/mol. The fourth-order valence-corrected chi connectivity index (χ4v) is 2.91. The minimum absolute atomic E-state index is 0.304. The number of thioether (sulfide) groups is 1. The van der Waals surface area contributed by atoms with E-state index in [4.69, 9.17) is 4.74 Å². The van der Waals surface area contributed by atoms with Gasteiger partial charge in [0.1, 0.15) is 5.60 Å². The van der Waals surface area contributed by atoms with Crippen molar-refractivity contribution in [2.75, 3.05) is 18.6 Å². The smallest absolute Gasteiger partial charge is 0.164 e. The topological polar surface area (TPSA) is 26.3 Å². The largest absolute Gasteiger partial charge is 0.370 e. The molecular formula is C10H18O2S. The van der Waals surface area contributed by atoms with E-state index in [9.17, 15) is 4.79 Å². The molecule has 0 spiro atoms. The lowest BCUT2D eigenvalue weighted by molar-refractivity contribution is -0.142. The van der Waals surface area contributed by atoms with Crippen molar-refractivity contribution in [1.29, 1.82) is 0 Å². The van der Waals surface area contributed by atoms with Gasteiger partial charge < -0.3 is 4.74 Å². The van der Waals surface area contributed by atoms with Crippen molar-refractivity contribution < 1.29 is 9.53 Å². The minimum Gasteiger partial charge on any atom is -0.370 e. The van der Waals surface area contributed by atoms with Crippen LogP contribution < -0.4 is 0 Å². The van der Waals surface area contributed by atoms with Gasteiger partial charge in [-0.05, 0) is 30.8 Å². The molecular weight excluding hydrogens is 184 g/mol. The van der Waals surface area contributed by atoms with Gasteiger partial charge in [0.25, 0.3) is 0 Å². The Labute approximate surface area is 84.4 Å². The SMILES string of the molecule is CCCC(=O)C1(OC)CCSCC1. The number of Topliss-reactive ketones (excluding diaryl/α,β-unsaturated/α-hetero) is 1. The zero-order valence-electron chi connectivity index (χ0n) is 8.47. The lowest BCUT2D eigenvalue weighted by Crippen LogP contribution is -2.43. The summed E-state index contributed by atoms with van der Waals surface area (Å²) in [5, 5.41) is 0. The molecule has 1 aliphatic rings. The average molecular weight is 202 g/mol. The number of hydrogen-bond donors (Lipinski definition) is 0. The molecule has 1 aliphatic heterocycles. The van der Waals surface area contributed by atoms with Crippen molar-refractivity contribution in [3.05, 3.63) is 0 Å². The van der Waals surface area contributed by atoms with Crippen LogP contribution in [0.1, 0.15) is 32.6 Å². The molecule has 1 saturated heterocycles. The van der Waals surface area contributed by atoms with E-state index in [1.54, 1.807) is 7.11 Å². The molecule has 0 bridgehead atoms. The van der Waals surface area contributed by atoms with Crippen molar-refractivity contribution in [3.8, 4) is 0 Å². The highest BCUT2D eigenvalue weighted by atomic mass is 32.2. The van der Waals surface area contributed by atoms with Gasteiger partial charge in [0, 0.05) is 13.5 Å². The van der Waals surface area contributed by atoms with Gasteiger partial charge in [-0.2, -0.15) is 11.8 Å². The Morgan fingerprint density at radius 3 is 2.54 bits per heavy atom. The Morgan fingerprint density at radius 1 is 1.46 bits per heavy atom. The van der Waals surface area contributed by atoms with E-state index < -0.39 is 5.60 Å². The summed E-state index contributed by atoms with van der Waals surface area (Å²) in [4.78, 5) is 11.8. The molecule has 0 saturated carbocycles. The maximum atomic E-state index is 11.8. The Bertz CT molecular complexity index is 174. The highest BCUT2D eigenvalue weighted by Crippen LogP contribution is 2.31. The van der Waals surface area contributed by atoms with Crippen molar-refractivity contribution >= 4 is 17.5 Å². The van der Waals surface area contributed by atoms with Crippen molar-refractivity contribution in [2.45, 2.75) is 38.2 Å². The summed E-state index contributed by atoms with van der Waals surface area (Å²) >= 11 is 1.92. The van der Waals surface area contributed by atoms with Crippen LogP contribution in [0.4, 0.5) is 0 Å². The second-order valence-corrected chi connectivity index (χ2v) is 4.71. The first-order valence-corrected chi connectivity index (χ1v) is 6.07. The molecule has 0 unspecified atom stereocenters. The Hall–Kier alpha value is -0.0200. The molecule has 1 heterocycles. The Kier molecular flexibility index (Phi) is 4.26. The number of carbonyl (C=O) groups is 1. The van der Waals surface area contributed by atoms with E-state index >= 15 is 0 Å². The molecule has 13 heavy (non-hydrogen) atoms. The zero-order valence-corrected chi connectivity index (χ0v) is 9.28. The van der Waals surface area contributed by atoms with E-state index in [2.05, 4.69) is 0 Å². The third-order valence-electron chi connectivity index (χ3n) is 2.68. The van der Waals surface area contributed by atoms with Gasteiger partial charge in [0.15, 0.2) is 5.78 Å². The predicted molar refractivity (Wildman–Crippen MR) is 56.2 cm³/mol. The first-order valence-electron chi connectivity index (χ1n) is 4.91. The second-order valence-electron chi connectivity index (χ2n) is 3.48. The Morgan fingerprint density at radius 2 is 2.08 bits per heavy atom. The van der Waals surface area contributed by atoms with Gasteiger partial charge in [-0.15, -0.1) is 0 Å². The molecule has 0 atom stereocenters. The summed E-state index contributed by atoms with van der Waals surface area (Å²) in [7, 11) is 1.67. The molecule has 0 amide bonds. The van der Waals surface area contributed by atoms with Gasteiger partial charge >= 0.3 is 0 Å². The van der Waals surface area contributed by atoms with Gasteiger partial charge in [-0.3, -0.25) is 4.79 Å². The van der Waals surface area contributed by atoms with Crippen LogP contribution in [-0.2, 0) is 9.53 Å². The lowest BCUT2D eigenvalue weighted by atomic mass is 9.89. The minimum atomic E-state index is -0.429. The molecule has 1 rings (SSSR count). The first-order chi connectivity index (χ1) is 6.25. The van der Waals surface area contributed by atoms with Gasteiger partial charge in [-0.25, -0.2) is 0 Å². The highest BCUT2D eigenvalue weighted by Gasteiger charge is 2.38. The van der Waals surface area contributed by atoms with Crippen molar-refractivity contribution in [2.24, 2.45) is 0 Å². The van der Waals surface area contributed by atoms with Gasteiger partial charge in [0.05, 0.1) is 0 Å². The number of hydrogen-bond acceptors (Lipinski definition) is 3. The third-order valence-corrected chi connectivity index (χ3v) is 3.66. The molecule has 0 N–H and O–H groups in total. The second kappa shape index (κ2) is 5.01. The highest BCUT2D eigenvalue weighted by molar-refractivity contribution is 7.99. The fraction of sp³-hybridized carbons (Fsp3) is 0.900. The molecule has 1 fully saturated rings. The fourth-order valence-electron chi connectivity index (χ4n) is 1.75. The molecule has 2 nitrogen and oxygen atoms in total. The summed E-state index contributed by atoms with van der Waals surface area (Å²) in [5.41, 5.74) is -0.429. The number of ketones is 1. The summed E-state index contributed by atoms with van der Waals surface area (Å²) in [6, 6.07) is 0. The molecule has 0 aliphatic carbocycles. The number of methoxy groups -OCH3 is 1. The summed E-state index contributed by atoms with van der Waals surface area (Å²) in [6.45, 7) is 2.04. The van der Waals surface area contributed by atoms with Gasteiger partial charge in [0.2, 0.25) is 0 Å². The Balaban J connectivity index is 2.61. The van der Waals surface area contributed by atoms with E-state index in [0.29, 0.717) is 12.2 Å². The quantitative estimate of drug-likeness (QED) is 0.699. The summed E-state index contributed by atoms with van der Waals surface area (Å²) in [5.74, 6) is 2.42. The summed E-state index contributed by atoms with van der Waals surface area (Å²) in [6.07, 6.45) is 3.38. The van der Waals surface area contributed by atoms with Crippen molar-refractivity contribution in [3.63, 3.8) is 0 Å². The molecule has 76 valence electrons. The van der Waals surface area contributed by atoms with Crippen LogP contribution in [0.3, 0.4) is 0 Å². The van der Waals surface area contributed by atoms with Gasteiger partial charge in [-0.1, -0.05) is 6.92 Å². The van der Waals surface area contributed by atoms with Crippen LogP contribution in [0.15, 0.2) is 0 Å². The van der Waals surface area contributed by atoms with Crippen LogP contribution >= 0.6 is 11.8 Å². The predicted octanol–water partition coefficient (Wildman–Crippen LogP) is 2.27. The molecule has 0 aromatic rings. The van der Waals surface area contributed by atoms with Crippen LogP contribution in [-0.4, -0.2) is 30.0 Å². The van der Waals surface area contributed by atoms with E-state index in [-0.39, 0.29) is 0 Å². The third kappa shape index (κ3) is 2.47. The van der Waals surface area contributed by atoms with Crippen LogP contribution in [0.25, 0.3) is 0 Å². The zero-order chi connectivity index (χ0) is 9.73. The maximum absolute atomic E-state index is 11.8. The average Bonchev–Trinajstić information content (AvgIpc) is 2.19. The van der Waals surface area contributed by atoms with Crippen LogP contribution in [0.5, 0.6) is 0 Å². The number of rotatable bonds is 4. The lowest BCUT2D eigenvalue weighted by Gasteiger charge is -2.34.